The van der Waals surface area contributed by atoms with Gasteiger partial charge in [0.15, 0.2) is 0 Å². The van der Waals surface area contributed by atoms with Crippen LogP contribution >= 0.6 is 0 Å². The lowest BCUT2D eigenvalue weighted by Crippen LogP contribution is -2.32. The highest BCUT2D eigenvalue weighted by atomic mass is 19.1. The van der Waals surface area contributed by atoms with E-state index in [9.17, 15) is 14.0 Å². The molecule has 3 aromatic carbocycles. The minimum Gasteiger partial charge on any atom is -0.496 e. The van der Waals surface area contributed by atoms with Crippen molar-refractivity contribution in [2.24, 2.45) is 0 Å². The highest BCUT2D eigenvalue weighted by molar-refractivity contribution is 6.36. The van der Waals surface area contributed by atoms with Crippen LogP contribution in [-0.2, 0) is 16.1 Å². The van der Waals surface area contributed by atoms with E-state index in [1.807, 2.05) is 49.4 Å². The summed E-state index contributed by atoms with van der Waals surface area (Å²) in [4.78, 5) is 27.9. The summed E-state index contributed by atoms with van der Waals surface area (Å²) < 4.78 is 18.8. The minimum atomic E-state index is -0.447. The van der Waals surface area contributed by atoms with Gasteiger partial charge in [-0.25, -0.2) is 4.39 Å². The number of nitrogens with one attached hydrogen (secondary N) is 1. The van der Waals surface area contributed by atoms with Crippen LogP contribution in [0.3, 0.4) is 0 Å². The number of halogens is 1. The van der Waals surface area contributed by atoms with Crippen LogP contribution in [0.5, 0.6) is 5.75 Å². The van der Waals surface area contributed by atoms with E-state index in [-0.39, 0.29) is 17.8 Å². The summed E-state index contributed by atoms with van der Waals surface area (Å²) in [5.74, 6) is -0.721. The van der Waals surface area contributed by atoms with E-state index >= 15 is 0 Å². The van der Waals surface area contributed by atoms with Crippen LogP contribution in [-0.4, -0.2) is 23.8 Å². The Labute approximate surface area is 179 Å². The Morgan fingerprint density at radius 1 is 0.935 bits per heavy atom. The number of ether oxygens (including phenoxy) is 1. The summed E-state index contributed by atoms with van der Waals surface area (Å²) in [6.45, 7) is 2.00. The van der Waals surface area contributed by atoms with Crippen LogP contribution < -0.4 is 10.1 Å². The number of benzene rings is 3. The quantitative estimate of drug-likeness (QED) is 0.600. The summed E-state index contributed by atoms with van der Waals surface area (Å²) in [6.07, 6.45) is 0. The summed E-state index contributed by atoms with van der Waals surface area (Å²) in [5.41, 5.74) is 3.25. The summed E-state index contributed by atoms with van der Waals surface area (Å²) in [7, 11) is 1.54. The molecule has 156 valence electrons. The van der Waals surface area contributed by atoms with Crippen molar-refractivity contribution in [1.82, 2.24) is 4.90 Å². The van der Waals surface area contributed by atoms with Crippen molar-refractivity contribution < 1.29 is 18.7 Å². The topological polar surface area (TPSA) is 58.6 Å². The van der Waals surface area contributed by atoms with Gasteiger partial charge in [0.1, 0.15) is 17.3 Å². The van der Waals surface area contributed by atoms with Gasteiger partial charge in [0.25, 0.3) is 11.8 Å². The standard InChI is InChI=1S/C25H21FN2O3/c1-16-6-5-8-20(14-16)27-23-22(17-10-12-19(26)13-11-17)24(29)28(25(23)30)15-18-7-3-4-9-21(18)31-2/h3-14,27H,15H2,1-2H3. The summed E-state index contributed by atoms with van der Waals surface area (Å²) in [5, 5.41) is 3.11. The first-order valence-electron chi connectivity index (χ1n) is 9.80. The average molecular weight is 416 g/mol. The number of imide groups is 1. The van der Waals surface area contributed by atoms with Gasteiger partial charge < -0.3 is 10.1 Å². The van der Waals surface area contributed by atoms with Crippen molar-refractivity contribution >= 4 is 23.1 Å². The molecule has 2 amide bonds. The molecule has 0 saturated heterocycles. The van der Waals surface area contributed by atoms with E-state index < -0.39 is 17.6 Å². The van der Waals surface area contributed by atoms with Crippen molar-refractivity contribution in [2.75, 3.05) is 12.4 Å². The normalized spacial score (nSPS) is 13.7. The van der Waals surface area contributed by atoms with E-state index in [1.54, 1.807) is 13.2 Å². The first-order valence-corrected chi connectivity index (χ1v) is 9.80. The van der Waals surface area contributed by atoms with Gasteiger partial charge in [-0.3, -0.25) is 14.5 Å². The monoisotopic (exact) mass is 416 g/mol. The molecule has 1 aliphatic rings. The number of rotatable bonds is 6. The predicted molar refractivity (Wildman–Crippen MR) is 117 cm³/mol. The Balaban J connectivity index is 1.75. The molecule has 5 nitrogen and oxygen atoms in total. The number of hydrogen-bond donors (Lipinski definition) is 1. The molecular formula is C25H21FN2O3. The number of hydrogen-bond acceptors (Lipinski definition) is 4. The summed E-state index contributed by atoms with van der Waals surface area (Å²) >= 11 is 0. The molecule has 6 heteroatoms. The molecular weight excluding hydrogens is 395 g/mol. The molecule has 1 heterocycles. The number of carbonyl (C=O) groups is 2. The van der Waals surface area contributed by atoms with Gasteiger partial charge in [0.05, 0.1) is 19.2 Å². The molecule has 3 aromatic rings. The van der Waals surface area contributed by atoms with E-state index in [0.29, 0.717) is 22.6 Å². The fourth-order valence-electron chi connectivity index (χ4n) is 3.59. The highest BCUT2D eigenvalue weighted by Crippen LogP contribution is 2.33. The lowest BCUT2D eigenvalue weighted by atomic mass is 10.0. The largest absolute Gasteiger partial charge is 0.496 e. The maximum Gasteiger partial charge on any atom is 0.278 e. The van der Waals surface area contributed by atoms with Crippen molar-refractivity contribution in [3.8, 4) is 5.75 Å². The van der Waals surface area contributed by atoms with E-state index in [1.165, 1.54) is 29.2 Å². The third-order valence-corrected chi connectivity index (χ3v) is 5.11. The lowest BCUT2D eigenvalue weighted by Gasteiger charge is -2.17. The fourth-order valence-corrected chi connectivity index (χ4v) is 3.59. The molecule has 0 bridgehead atoms. The van der Waals surface area contributed by atoms with Gasteiger partial charge in [0, 0.05) is 11.3 Å². The highest BCUT2D eigenvalue weighted by Gasteiger charge is 2.39. The Kier molecular flexibility index (Phi) is 5.54. The van der Waals surface area contributed by atoms with Gasteiger partial charge >= 0.3 is 0 Å². The van der Waals surface area contributed by atoms with Crippen LogP contribution in [0, 0.1) is 12.7 Å². The van der Waals surface area contributed by atoms with E-state index in [0.717, 1.165) is 5.56 Å². The van der Waals surface area contributed by atoms with Crippen LogP contribution in [0.15, 0.2) is 78.5 Å². The van der Waals surface area contributed by atoms with Gasteiger partial charge in [-0.2, -0.15) is 0 Å². The first-order chi connectivity index (χ1) is 15.0. The van der Waals surface area contributed by atoms with Crippen molar-refractivity contribution in [1.29, 1.82) is 0 Å². The smallest absolute Gasteiger partial charge is 0.278 e. The Hall–Kier alpha value is -3.93. The van der Waals surface area contributed by atoms with Crippen molar-refractivity contribution in [2.45, 2.75) is 13.5 Å². The predicted octanol–water partition coefficient (Wildman–Crippen LogP) is 4.53. The average Bonchev–Trinajstić information content (AvgIpc) is 2.99. The molecule has 0 aromatic heterocycles. The van der Waals surface area contributed by atoms with Gasteiger partial charge in [-0.15, -0.1) is 0 Å². The number of nitrogens with zero attached hydrogens (tertiary/aromatic N) is 1. The SMILES string of the molecule is COc1ccccc1CN1C(=O)C(Nc2cccc(C)c2)=C(c2ccc(F)cc2)C1=O. The van der Waals surface area contributed by atoms with Crippen LogP contribution in [0.1, 0.15) is 16.7 Å². The first kappa shape index (κ1) is 20.3. The number of carbonyl (C=O) groups excluding carboxylic acids is 2. The molecule has 1 aliphatic heterocycles. The molecule has 0 fully saturated rings. The third-order valence-electron chi connectivity index (χ3n) is 5.11. The van der Waals surface area contributed by atoms with Crippen LogP contribution in [0.2, 0.25) is 0 Å². The molecule has 31 heavy (non-hydrogen) atoms. The molecule has 4 rings (SSSR count). The zero-order valence-electron chi connectivity index (χ0n) is 17.2. The Morgan fingerprint density at radius 2 is 1.68 bits per heavy atom. The van der Waals surface area contributed by atoms with E-state index in [4.69, 9.17) is 4.74 Å². The van der Waals surface area contributed by atoms with Crippen molar-refractivity contribution in [3.05, 3.63) is 101 Å². The molecule has 0 unspecified atom stereocenters. The fraction of sp³-hybridized carbons (Fsp3) is 0.120. The maximum atomic E-state index is 13.5. The lowest BCUT2D eigenvalue weighted by molar-refractivity contribution is -0.137. The van der Waals surface area contributed by atoms with Gasteiger partial charge in [-0.1, -0.05) is 42.5 Å². The van der Waals surface area contributed by atoms with Crippen LogP contribution in [0.4, 0.5) is 10.1 Å². The zero-order chi connectivity index (χ0) is 22.0. The number of aryl methyl sites for hydroxylation is 1. The Morgan fingerprint density at radius 3 is 2.39 bits per heavy atom. The minimum absolute atomic E-state index is 0.0609. The number of para-hydroxylation sites is 1. The third kappa shape index (κ3) is 4.05. The second kappa shape index (κ2) is 8.44. The maximum absolute atomic E-state index is 13.5. The molecule has 0 aliphatic carbocycles. The van der Waals surface area contributed by atoms with Gasteiger partial charge in [0.2, 0.25) is 0 Å². The number of methoxy groups -OCH3 is 1. The van der Waals surface area contributed by atoms with Crippen LogP contribution in [0.25, 0.3) is 5.57 Å². The number of anilines is 1. The van der Waals surface area contributed by atoms with Crippen molar-refractivity contribution in [3.63, 3.8) is 0 Å². The molecule has 0 radical (unpaired) electrons. The summed E-state index contributed by atoms with van der Waals surface area (Å²) in [6, 6.07) is 20.3. The molecule has 1 N–H and O–H groups in total. The molecule has 0 spiro atoms. The molecule has 0 saturated carbocycles. The van der Waals surface area contributed by atoms with E-state index in [2.05, 4.69) is 5.32 Å². The molecule has 0 atom stereocenters. The number of amides is 2. The Bertz CT molecular complexity index is 1190. The van der Waals surface area contributed by atoms with Gasteiger partial charge in [-0.05, 0) is 48.4 Å². The zero-order valence-corrected chi connectivity index (χ0v) is 17.2. The second-order valence-electron chi connectivity index (χ2n) is 7.26. The second-order valence-corrected chi connectivity index (χ2v) is 7.26.